The third kappa shape index (κ3) is 2.67. The minimum atomic E-state index is 0.564. The summed E-state index contributed by atoms with van der Waals surface area (Å²) >= 11 is 0. The van der Waals surface area contributed by atoms with E-state index in [0.29, 0.717) is 11.7 Å². The summed E-state index contributed by atoms with van der Waals surface area (Å²) in [5.74, 6) is 1.25. The van der Waals surface area contributed by atoms with Crippen molar-refractivity contribution in [3.63, 3.8) is 0 Å². The van der Waals surface area contributed by atoms with Gasteiger partial charge in [0.05, 0.1) is 5.69 Å². The van der Waals surface area contributed by atoms with Crippen molar-refractivity contribution in [2.45, 2.75) is 20.3 Å². The number of nitrogen functional groups attached to an aromatic ring is 1. The maximum atomic E-state index is 5.68. The van der Waals surface area contributed by atoms with Crippen LogP contribution in [0.25, 0.3) is 11.3 Å². The maximum Gasteiger partial charge on any atom is 0.146 e. The number of rotatable bonds is 3. The zero-order valence-electron chi connectivity index (χ0n) is 10.6. The second-order valence-corrected chi connectivity index (χ2v) is 4.87. The lowest BCUT2D eigenvalue weighted by Gasteiger charge is -2.06. The molecule has 0 aliphatic carbocycles. The van der Waals surface area contributed by atoms with E-state index in [1.165, 1.54) is 5.56 Å². The summed E-state index contributed by atoms with van der Waals surface area (Å²) in [6.07, 6.45) is 1.12. The molecule has 2 N–H and O–H groups in total. The van der Waals surface area contributed by atoms with Gasteiger partial charge in [0.1, 0.15) is 5.82 Å². The first-order chi connectivity index (χ1) is 8.06. The zero-order chi connectivity index (χ0) is 12.4. The van der Waals surface area contributed by atoms with Gasteiger partial charge in [-0.15, -0.1) is 0 Å². The number of anilines is 1. The van der Waals surface area contributed by atoms with Gasteiger partial charge in [-0.25, -0.2) is 0 Å². The topological polar surface area (TPSA) is 43.8 Å². The van der Waals surface area contributed by atoms with E-state index in [9.17, 15) is 0 Å². The van der Waals surface area contributed by atoms with Gasteiger partial charge in [-0.05, 0) is 23.5 Å². The van der Waals surface area contributed by atoms with Crippen molar-refractivity contribution in [3.8, 4) is 11.3 Å². The average molecular weight is 229 g/mol. The molecule has 0 unspecified atom stereocenters. The largest absolute Gasteiger partial charge is 0.382 e. The molecule has 0 saturated carbocycles. The molecule has 3 heteroatoms. The second kappa shape index (κ2) is 4.62. The zero-order valence-corrected chi connectivity index (χ0v) is 10.6. The fraction of sp³-hybridized carbons (Fsp3) is 0.357. The van der Waals surface area contributed by atoms with Crippen molar-refractivity contribution in [2.75, 3.05) is 5.73 Å². The third-order valence-corrected chi connectivity index (χ3v) is 2.79. The Bertz CT molecular complexity index is 495. The SMILES string of the molecule is CC(C)Cc1ccc(-c2cc(N)nn2C)cc1. The molecule has 0 radical (unpaired) electrons. The van der Waals surface area contributed by atoms with Gasteiger partial charge in [0.15, 0.2) is 0 Å². The molecule has 3 nitrogen and oxygen atoms in total. The molecule has 90 valence electrons. The fourth-order valence-electron chi connectivity index (χ4n) is 2.04. The first-order valence-electron chi connectivity index (χ1n) is 5.95. The van der Waals surface area contributed by atoms with Crippen LogP contribution >= 0.6 is 0 Å². The average Bonchev–Trinajstić information content (AvgIpc) is 2.58. The molecule has 0 saturated heterocycles. The highest BCUT2D eigenvalue weighted by Gasteiger charge is 2.05. The second-order valence-electron chi connectivity index (χ2n) is 4.87. The van der Waals surface area contributed by atoms with Gasteiger partial charge in [-0.3, -0.25) is 4.68 Å². The Kier molecular flexibility index (Phi) is 3.18. The van der Waals surface area contributed by atoms with Crippen LogP contribution in [0, 0.1) is 5.92 Å². The maximum absolute atomic E-state index is 5.68. The van der Waals surface area contributed by atoms with Crippen LogP contribution in [0.15, 0.2) is 30.3 Å². The van der Waals surface area contributed by atoms with Crippen molar-refractivity contribution >= 4 is 5.82 Å². The van der Waals surface area contributed by atoms with E-state index >= 15 is 0 Å². The molecule has 0 aliphatic heterocycles. The highest BCUT2D eigenvalue weighted by atomic mass is 15.3. The third-order valence-electron chi connectivity index (χ3n) is 2.79. The van der Waals surface area contributed by atoms with Crippen LogP contribution in [0.2, 0.25) is 0 Å². The van der Waals surface area contributed by atoms with E-state index < -0.39 is 0 Å². The molecule has 2 rings (SSSR count). The molecule has 0 atom stereocenters. The molecular weight excluding hydrogens is 210 g/mol. The van der Waals surface area contributed by atoms with Crippen molar-refractivity contribution in [1.29, 1.82) is 0 Å². The van der Waals surface area contributed by atoms with E-state index in [-0.39, 0.29) is 0 Å². The Labute approximate surface area is 102 Å². The van der Waals surface area contributed by atoms with Crippen LogP contribution in [0.3, 0.4) is 0 Å². The Balaban J connectivity index is 2.26. The number of hydrogen-bond acceptors (Lipinski definition) is 2. The normalized spacial score (nSPS) is 11.1. The Hall–Kier alpha value is -1.77. The van der Waals surface area contributed by atoms with Crippen LogP contribution in [0.5, 0.6) is 0 Å². The molecule has 17 heavy (non-hydrogen) atoms. The van der Waals surface area contributed by atoms with Crippen LogP contribution in [0.1, 0.15) is 19.4 Å². The van der Waals surface area contributed by atoms with Gasteiger partial charge in [0.2, 0.25) is 0 Å². The quantitative estimate of drug-likeness (QED) is 0.879. The summed E-state index contributed by atoms with van der Waals surface area (Å²) in [5, 5.41) is 4.15. The first kappa shape index (κ1) is 11.7. The molecule has 0 fully saturated rings. The predicted octanol–water partition coefficient (Wildman–Crippen LogP) is 2.87. The van der Waals surface area contributed by atoms with Crippen LogP contribution < -0.4 is 5.73 Å². The number of aryl methyl sites for hydroxylation is 1. The minimum absolute atomic E-state index is 0.564. The minimum Gasteiger partial charge on any atom is -0.382 e. The summed E-state index contributed by atoms with van der Waals surface area (Å²) in [6, 6.07) is 10.5. The summed E-state index contributed by atoms with van der Waals surface area (Å²) in [4.78, 5) is 0. The van der Waals surface area contributed by atoms with Gasteiger partial charge in [0, 0.05) is 13.1 Å². The monoisotopic (exact) mass is 229 g/mol. The summed E-state index contributed by atoms with van der Waals surface area (Å²) in [6.45, 7) is 4.46. The molecule has 0 amide bonds. The van der Waals surface area contributed by atoms with Gasteiger partial charge >= 0.3 is 0 Å². The fourth-order valence-corrected chi connectivity index (χ4v) is 2.04. The Morgan fingerprint density at radius 1 is 1.24 bits per heavy atom. The molecule has 2 aromatic rings. The number of aromatic nitrogens is 2. The number of nitrogens with two attached hydrogens (primary N) is 1. The number of nitrogens with zero attached hydrogens (tertiary/aromatic N) is 2. The smallest absolute Gasteiger partial charge is 0.146 e. The van der Waals surface area contributed by atoms with E-state index in [2.05, 4.69) is 43.2 Å². The van der Waals surface area contributed by atoms with Crippen molar-refractivity contribution in [2.24, 2.45) is 13.0 Å². The van der Waals surface area contributed by atoms with E-state index in [1.807, 2.05) is 17.8 Å². The first-order valence-corrected chi connectivity index (χ1v) is 5.95. The molecule has 0 bridgehead atoms. The van der Waals surface area contributed by atoms with Crippen molar-refractivity contribution in [1.82, 2.24) is 9.78 Å². The van der Waals surface area contributed by atoms with Gasteiger partial charge in [0.25, 0.3) is 0 Å². The predicted molar refractivity (Wildman–Crippen MR) is 71.6 cm³/mol. The van der Waals surface area contributed by atoms with Crippen LogP contribution in [0.4, 0.5) is 5.82 Å². The van der Waals surface area contributed by atoms with Crippen molar-refractivity contribution < 1.29 is 0 Å². The molecule has 1 aromatic carbocycles. The summed E-state index contributed by atoms with van der Waals surface area (Å²) in [5.41, 5.74) is 9.27. The van der Waals surface area contributed by atoms with Gasteiger partial charge in [-0.1, -0.05) is 38.1 Å². The standard InChI is InChI=1S/C14H19N3/c1-10(2)8-11-4-6-12(7-5-11)13-9-14(15)16-17(13)3/h4-7,9-10H,8H2,1-3H3,(H2,15,16). The summed E-state index contributed by atoms with van der Waals surface area (Å²) in [7, 11) is 1.91. The number of benzene rings is 1. The van der Waals surface area contributed by atoms with Crippen LogP contribution in [-0.4, -0.2) is 9.78 Å². The lowest BCUT2D eigenvalue weighted by molar-refractivity contribution is 0.647. The molecule has 0 spiro atoms. The van der Waals surface area contributed by atoms with E-state index in [1.54, 1.807) is 0 Å². The molecule has 0 aliphatic rings. The van der Waals surface area contributed by atoms with Crippen LogP contribution in [-0.2, 0) is 13.5 Å². The number of hydrogen-bond donors (Lipinski definition) is 1. The van der Waals surface area contributed by atoms with Crippen molar-refractivity contribution in [3.05, 3.63) is 35.9 Å². The van der Waals surface area contributed by atoms with E-state index in [4.69, 9.17) is 5.73 Å². The molecular formula is C14H19N3. The molecule has 1 aromatic heterocycles. The van der Waals surface area contributed by atoms with Gasteiger partial charge < -0.3 is 5.73 Å². The van der Waals surface area contributed by atoms with Gasteiger partial charge in [-0.2, -0.15) is 5.10 Å². The Morgan fingerprint density at radius 2 is 1.88 bits per heavy atom. The lowest BCUT2D eigenvalue weighted by atomic mass is 10.0. The lowest BCUT2D eigenvalue weighted by Crippen LogP contribution is -1.96. The Morgan fingerprint density at radius 3 is 2.35 bits per heavy atom. The van der Waals surface area contributed by atoms with E-state index in [0.717, 1.165) is 17.7 Å². The molecule has 1 heterocycles. The highest BCUT2D eigenvalue weighted by molar-refractivity contribution is 5.62. The summed E-state index contributed by atoms with van der Waals surface area (Å²) < 4.78 is 1.81. The highest BCUT2D eigenvalue weighted by Crippen LogP contribution is 2.21.